The predicted molar refractivity (Wildman–Crippen MR) is 95.9 cm³/mol. The molecule has 1 N–H and O–H groups in total. The fourth-order valence-corrected chi connectivity index (χ4v) is 2.50. The Bertz CT molecular complexity index is 811. The fraction of sp³-hybridized carbons (Fsp3) is 0.111. The minimum atomic E-state index is -0.524. The topological polar surface area (TPSA) is 71.3 Å². The van der Waals surface area contributed by atoms with Crippen LogP contribution >= 0.6 is 15.9 Å². The van der Waals surface area contributed by atoms with Gasteiger partial charge in [0.2, 0.25) is 0 Å². The summed E-state index contributed by atoms with van der Waals surface area (Å²) in [4.78, 5) is 12.4. The van der Waals surface area contributed by atoms with Crippen molar-refractivity contribution in [2.75, 3.05) is 19.5 Å². The molecule has 2 aromatic rings. The molecule has 0 aromatic heterocycles. The van der Waals surface area contributed by atoms with Crippen molar-refractivity contribution in [2.45, 2.75) is 0 Å². The summed E-state index contributed by atoms with van der Waals surface area (Å²) in [5, 5.41) is 11.9. The summed E-state index contributed by atoms with van der Waals surface area (Å²) in [5.74, 6) is 0.466. The molecule has 0 saturated carbocycles. The molecule has 24 heavy (non-hydrogen) atoms. The summed E-state index contributed by atoms with van der Waals surface area (Å²) in [6, 6.07) is 14.4. The Morgan fingerprint density at radius 3 is 2.42 bits per heavy atom. The van der Waals surface area contributed by atoms with E-state index in [1.165, 1.54) is 20.3 Å². The van der Waals surface area contributed by atoms with Crippen LogP contribution in [0.2, 0.25) is 0 Å². The van der Waals surface area contributed by atoms with Crippen LogP contribution in [0, 0.1) is 11.3 Å². The van der Waals surface area contributed by atoms with E-state index >= 15 is 0 Å². The second kappa shape index (κ2) is 8.18. The predicted octanol–water partition coefficient (Wildman–Crippen LogP) is 4.01. The van der Waals surface area contributed by atoms with E-state index < -0.39 is 5.91 Å². The summed E-state index contributed by atoms with van der Waals surface area (Å²) >= 11 is 3.35. The number of nitrogens with one attached hydrogen (secondary N) is 1. The first-order valence-electron chi connectivity index (χ1n) is 6.98. The molecule has 0 saturated heterocycles. The Kier molecular flexibility index (Phi) is 5.99. The van der Waals surface area contributed by atoms with Gasteiger partial charge in [0.15, 0.2) is 0 Å². The van der Waals surface area contributed by atoms with E-state index in [0.29, 0.717) is 21.7 Å². The van der Waals surface area contributed by atoms with Gasteiger partial charge >= 0.3 is 0 Å². The van der Waals surface area contributed by atoms with Crippen molar-refractivity contribution < 1.29 is 14.3 Å². The standard InChI is InChI=1S/C18H15BrN2O3/c1-23-16-10-15(17(24-2)9-14(16)19)21-18(22)13(11-20)8-12-6-4-3-5-7-12/h3-10H,1-2H3,(H,21,22)/b13-8+. The number of anilines is 1. The van der Waals surface area contributed by atoms with Gasteiger partial charge in [-0.05, 0) is 27.6 Å². The second-order valence-electron chi connectivity index (χ2n) is 4.72. The quantitative estimate of drug-likeness (QED) is 0.622. The lowest BCUT2D eigenvalue weighted by Crippen LogP contribution is -2.14. The number of hydrogen-bond donors (Lipinski definition) is 1. The molecule has 122 valence electrons. The summed E-state index contributed by atoms with van der Waals surface area (Å²) in [7, 11) is 3.02. The van der Waals surface area contributed by atoms with Crippen LogP contribution in [0.3, 0.4) is 0 Å². The maximum absolute atomic E-state index is 12.4. The molecule has 0 bridgehead atoms. The van der Waals surface area contributed by atoms with E-state index in [0.717, 1.165) is 5.56 Å². The first kappa shape index (κ1) is 17.6. The minimum Gasteiger partial charge on any atom is -0.495 e. The lowest BCUT2D eigenvalue weighted by atomic mass is 10.1. The number of carbonyl (C=O) groups excluding carboxylic acids is 1. The van der Waals surface area contributed by atoms with E-state index in [9.17, 15) is 10.1 Å². The van der Waals surface area contributed by atoms with Crippen molar-refractivity contribution in [3.63, 3.8) is 0 Å². The average Bonchev–Trinajstić information content (AvgIpc) is 2.61. The first-order valence-corrected chi connectivity index (χ1v) is 7.78. The highest BCUT2D eigenvalue weighted by Crippen LogP contribution is 2.36. The molecular formula is C18H15BrN2O3. The Morgan fingerprint density at radius 2 is 1.83 bits per heavy atom. The molecule has 2 aromatic carbocycles. The number of amides is 1. The van der Waals surface area contributed by atoms with Crippen molar-refractivity contribution in [3.05, 3.63) is 58.1 Å². The molecule has 0 aliphatic heterocycles. The normalized spacial score (nSPS) is 10.7. The maximum atomic E-state index is 12.4. The number of nitriles is 1. The van der Waals surface area contributed by atoms with Gasteiger partial charge in [-0.2, -0.15) is 5.26 Å². The van der Waals surface area contributed by atoms with Crippen molar-refractivity contribution in [1.29, 1.82) is 5.26 Å². The third kappa shape index (κ3) is 4.15. The fourth-order valence-electron chi connectivity index (χ4n) is 2.01. The lowest BCUT2D eigenvalue weighted by molar-refractivity contribution is -0.112. The third-order valence-electron chi connectivity index (χ3n) is 3.20. The number of rotatable bonds is 5. The zero-order valence-electron chi connectivity index (χ0n) is 13.2. The summed E-state index contributed by atoms with van der Waals surface area (Å²) < 4.78 is 11.2. The largest absolute Gasteiger partial charge is 0.495 e. The van der Waals surface area contributed by atoms with Gasteiger partial charge in [-0.15, -0.1) is 0 Å². The van der Waals surface area contributed by atoms with Crippen molar-refractivity contribution in [1.82, 2.24) is 0 Å². The Labute approximate surface area is 148 Å². The molecule has 1 amide bonds. The van der Waals surface area contributed by atoms with E-state index in [4.69, 9.17) is 9.47 Å². The Balaban J connectivity index is 2.31. The van der Waals surface area contributed by atoms with Crippen molar-refractivity contribution >= 4 is 33.6 Å². The molecule has 0 fully saturated rings. The molecule has 0 aliphatic carbocycles. The maximum Gasteiger partial charge on any atom is 0.266 e. The number of benzene rings is 2. The smallest absolute Gasteiger partial charge is 0.266 e. The molecule has 0 spiro atoms. The number of hydrogen-bond acceptors (Lipinski definition) is 4. The van der Waals surface area contributed by atoms with Gasteiger partial charge in [0.25, 0.3) is 5.91 Å². The first-order chi connectivity index (χ1) is 11.6. The summed E-state index contributed by atoms with van der Waals surface area (Å²) in [5.41, 5.74) is 1.17. The van der Waals surface area contributed by atoms with E-state index in [1.807, 2.05) is 36.4 Å². The number of carbonyl (C=O) groups is 1. The Morgan fingerprint density at radius 1 is 1.17 bits per heavy atom. The van der Waals surface area contributed by atoms with E-state index in [2.05, 4.69) is 21.2 Å². The number of methoxy groups -OCH3 is 2. The van der Waals surface area contributed by atoms with E-state index in [1.54, 1.807) is 12.1 Å². The van der Waals surface area contributed by atoms with Crippen LogP contribution in [0.4, 0.5) is 5.69 Å². The number of ether oxygens (including phenoxy) is 2. The van der Waals surface area contributed by atoms with Gasteiger partial charge in [0, 0.05) is 12.1 Å². The SMILES string of the molecule is COc1cc(NC(=O)/C(C#N)=C/c2ccccc2)c(OC)cc1Br. The van der Waals surface area contributed by atoms with Gasteiger partial charge < -0.3 is 14.8 Å². The molecular weight excluding hydrogens is 372 g/mol. The van der Waals surface area contributed by atoms with Crippen LogP contribution in [0.15, 0.2) is 52.5 Å². The summed E-state index contributed by atoms with van der Waals surface area (Å²) in [6.07, 6.45) is 1.53. The molecule has 5 nitrogen and oxygen atoms in total. The molecule has 0 heterocycles. The zero-order valence-corrected chi connectivity index (χ0v) is 14.8. The van der Waals surface area contributed by atoms with Gasteiger partial charge in [0.05, 0.1) is 24.4 Å². The monoisotopic (exact) mass is 386 g/mol. The molecule has 0 radical (unpaired) electrons. The summed E-state index contributed by atoms with van der Waals surface area (Å²) in [6.45, 7) is 0. The van der Waals surface area contributed by atoms with Crippen LogP contribution in [-0.2, 0) is 4.79 Å². The number of halogens is 1. The van der Waals surface area contributed by atoms with E-state index in [-0.39, 0.29) is 5.57 Å². The molecule has 0 aliphatic rings. The Hall–Kier alpha value is -2.78. The number of nitrogens with zero attached hydrogens (tertiary/aromatic N) is 1. The van der Waals surface area contributed by atoms with Gasteiger partial charge in [-0.1, -0.05) is 30.3 Å². The zero-order chi connectivity index (χ0) is 17.5. The highest BCUT2D eigenvalue weighted by Gasteiger charge is 2.15. The lowest BCUT2D eigenvalue weighted by Gasteiger charge is -2.13. The van der Waals surface area contributed by atoms with Crippen LogP contribution in [-0.4, -0.2) is 20.1 Å². The van der Waals surface area contributed by atoms with Gasteiger partial charge in [-0.25, -0.2) is 0 Å². The highest BCUT2D eigenvalue weighted by atomic mass is 79.9. The third-order valence-corrected chi connectivity index (χ3v) is 3.82. The van der Waals surface area contributed by atoms with Crippen molar-refractivity contribution in [2.24, 2.45) is 0 Å². The van der Waals surface area contributed by atoms with Gasteiger partial charge in [0.1, 0.15) is 23.1 Å². The van der Waals surface area contributed by atoms with Crippen LogP contribution in [0.25, 0.3) is 6.08 Å². The molecule has 6 heteroatoms. The van der Waals surface area contributed by atoms with Crippen LogP contribution in [0.1, 0.15) is 5.56 Å². The molecule has 2 rings (SSSR count). The molecule has 0 unspecified atom stereocenters. The molecule has 0 atom stereocenters. The van der Waals surface area contributed by atoms with Crippen molar-refractivity contribution in [3.8, 4) is 17.6 Å². The van der Waals surface area contributed by atoms with Crippen LogP contribution in [0.5, 0.6) is 11.5 Å². The van der Waals surface area contributed by atoms with Gasteiger partial charge in [-0.3, -0.25) is 4.79 Å². The van der Waals surface area contributed by atoms with Crippen LogP contribution < -0.4 is 14.8 Å². The minimum absolute atomic E-state index is 0.00913. The average molecular weight is 387 g/mol. The highest BCUT2D eigenvalue weighted by molar-refractivity contribution is 9.10. The second-order valence-corrected chi connectivity index (χ2v) is 5.58.